The van der Waals surface area contributed by atoms with Crippen molar-refractivity contribution in [3.05, 3.63) is 45.8 Å². The highest BCUT2D eigenvalue weighted by molar-refractivity contribution is 7.16. The molecule has 0 aliphatic carbocycles. The number of hydrogen-bond donors (Lipinski definition) is 1. The molecule has 2 rings (SSSR count). The Morgan fingerprint density at radius 1 is 1.21 bits per heavy atom. The van der Waals surface area contributed by atoms with E-state index in [-0.39, 0.29) is 11.3 Å². The fraction of sp³-hybridized carbons (Fsp3) is 0.222. The molecule has 0 aliphatic rings. The van der Waals surface area contributed by atoms with Crippen molar-refractivity contribution in [2.45, 2.75) is 27.1 Å². The average Bonchev–Trinajstić information content (AvgIpc) is 2.86. The number of carbonyl (C=O) groups excluding carboxylic acids is 1. The van der Waals surface area contributed by atoms with Crippen LogP contribution in [0, 0.1) is 25.2 Å². The van der Waals surface area contributed by atoms with Crippen molar-refractivity contribution in [3.8, 4) is 17.6 Å². The third kappa shape index (κ3) is 5.47. The molecule has 0 atom stereocenters. The van der Waals surface area contributed by atoms with Crippen molar-refractivity contribution in [3.63, 3.8) is 0 Å². The Balaban J connectivity index is 2.21. The van der Waals surface area contributed by atoms with E-state index in [1.165, 1.54) is 23.5 Å². The first-order chi connectivity index (χ1) is 13.2. The number of nitrogens with one attached hydrogen (secondary N) is 1. The molecule has 28 heavy (non-hydrogen) atoms. The highest BCUT2D eigenvalue weighted by Gasteiger charge is 2.15. The number of nitrogens with zero attached hydrogens (tertiary/aromatic N) is 1. The number of nitriles is 1. The monoisotopic (exact) mass is 414 g/mol. The van der Waals surface area contributed by atoms with E-state index in [0.717, 1.165) is 28.6 Å². The second-order valence-corrected chi connectivity index (χ2v) is 6.60. The quantitative estimate of drug-likeness (QED) is 0.506. The molecule has 1 amide bonds. The maximum Gasteiger partial charge on any atom is 0.387 e. The Bertz CT molecular complexity index is 936. The molecule has 148 valence electrons. The van der Waals surface area contributed by atoms with Gasteiger partial charge in [0.15, 0.2) is 0 Å². The van der Waals surface area contributed by atoms with Crippen LogP contribution in [-0.4, -0.2) is 19.1 Å². The van der Waals surface area contributed by atoms with Crippen molar-refractivity contribution in [1.82, 2.24) is 0 Å². The molecule has 1 aromatic heterocycles. The molecule has 10 heteroatoms. The van der Waals surface area contributed by atoms with Crippen LogP contribution in [0.2, 0.25) is 0 Å². The van der Waals surface area contributed by atoms with Crippen LogP contribution in [0.1, 0.15) is 21.6 Å². The number of ether oxygens (including phenoxy) is 2. The van der Waals surface area contributed by atoms with Gasteiger partial charge in [-0.1, -0.05) is 0 Å². The van der Waals surface area contributed by atoms with E-state index < -0.39 is 24.9 Å². The summed E-state index contributed by atoms with van der Waals surface area (Å²) in [7, 11) is 0. The van der Waals surface area contributed by atoms with Gasteiger partial charge in [0.25, 0.3) is 0 Å². The average molecular weight is 414 g/mol. The molecule has 0 bridgehead atoms. The lowest BCUT2D eigenvalue weighted by Gasteiger charge is -2.11. The molecular weight excluding hydrogens is 400 g/mol. The zero-order chi connectivity index (χ0) is 20.8. The van der Waals surface area contributed by atoms with Gasteiger partial charge in [-0.05, 0) is 37.6 Å². The SMILES string of the molecule is Cc1sc(NC(=O)/C=C/c2ccc(OC(F)F)cc2OC(F)F)c(C#N)c1C. The molecule has 0 spiro atoms. The Kier molecular flexibility index (Phi) is 7.00. The number of halogens is 4. The first-order valence-electron chi connectivity index (χ1n) is 7.74. The minimum absolute atomic E-state index is 0.0520. The van der Waals surface area contributed by atoms with Crippen LogP contribution in [0.5, 0.6) is 11.5 Å². The molecule has 0 unspecified atom stereocenters. The molecule has 5 nitrogen and oxygen atoms in total. The predicted octanol–water partition coefficient (Wildman–Crippen LogP) is 5.09. The predicted molar refractivity (Wildman–Crippen MR) is 95.9 cm³/mol. The van der Waals surface area contributed by atoms with Crippen LogP contribution in [0.25, 0.3) is 6.08 Å². The Morgan fingerprint density at radius 3 is 2.50 bits per heavy atom. The number of anilines is 1. The molecule has 0 aliphatic heterocycles. The third-order valence-electron chi connectivity index (χ3n) is 3.57. The molecular formula is C18H14F4N2O3S. The summed E-state index contributed by atoms with van der Waals surface area (Å²) in [6.45, 7) is -2.76. The number of aryl methyl sites for hydroxylation is 1. The molecule has 1 aromatic carbocycles. The van der Waals surface area contributed by atoms with Crippen LogP contribution < -0.4 is 14.8 Å². The first kappa shape index (κ1) is 21.2. The summed E-state index contributed by atoms with van der Waals surface area (Å²) < 4.78 is 58.1. The lowest BCUT2D eigenvalue weighted by molar-refractivity contribution is -0.111. The van der Waals surface area contributed by atoms with E-state index in [4.69, 9.17) is 0 Å². The van der Waals surface area contributed by atoms with Gasteiger partial charge in [0.2, 0.25) is 5.91 Å². The van der Waals surface area contributed by atoms with E-state index in [0.29, 0.717) is 10.6 Å². The van der Waals surface area contributed by atoms with Gasteiger partial charge in [-0.3, -0.25) is 4.79 Å². The van der Waals surface area contributed by atoms with Gasteiger partial charge in [-0.2, -0.15) is 22.8 Å². The third-order valence-corrected chi connectivity index (χ3v) is 4.70. The first-order valence-corrected chi connectivity index (χ1v) is 8.55. The van der Waals surface area contributed by atoms with Gasteiger partial charge in [-0.25, -0.2) is 0 Å². The largest absolute Gasteiger partial charge is 0.435 e. The van der Waals surface area contributed by atoms with Gasteiger partial charge in [0, 0.05) is 22.6 Å². The van der Waals surface area contributed by atoms with Crippen LogP contribution in [0.15, 0.2) is 24.3 Å². The van der Waals surface area contributed by atoms with E-state index >= 15 is 0 Å². The minimum Gasteiger partial charge on any atom is -0.435 e. The fourth-order valence-electron chi connectivity index (χ4n) is 2.20. The zero-order valence-electron chi connectivity index (χ0n) is 14.6. The van der Waals surface area contributed by atoms with Crippen molar-refractivity contribution < 1.29 is 31.8 Å². The van der Waals surface area contributed by atoms with Gasteiger partial charge in [-0.15, -0.1) is 11.3 Å². The van der Waals surface area contributed by atoms with E-state index in [1.54, 1.807) is 6.92 Å². The zero-order valence-corrected chi connectivity index (χ0v) is 15.5. The maximum absolute atomic E-state index is 12.6. The van der Waals surface area contributed by atoms with Gasteiger partial charge in [0.1, 0.15) is 22.6 Å². The highest BCUT2D eigenvalue weighted by Crippen LogP contribution is 2.32. The van der Waals surface area contributed by atoms with Crippen LogP contribution in [-0.2, 0) is 4.79 Å². The number of thiophene rings is 1. The Morgan fingerprint density at radius 2 is 1.89 bits per heavy atom. The van der Waals surface area contributed by atoms with Crippen molar-refractivity contribution >= 4 is 28.3 Å². The van der Waals surface area contributed by atoms with Crippen molar-refractivity contribution in [2.24, 2.45) is 0 Å². The fourth-order valence-corrected chi connectivity index (χ4v) is 3.21. The smallest absolute Gasteiger partial charge is 0.387 e. The van der Waals surface area contributed by atoms with E-state index in [1.807, 2.05) is 13.0 Å². The summed E-state index contributed by atoms with van der Waals surface area (Å²) in [5.41, 5.74) is 1.16. The van der Waals surface area contributed by atoms with Crippen molar-refractivity contribution in [2.75, 3.05) is 5.32 Å². The number of rotatable bonds is 7. The second-order valence-electron chi connectivity index (χ2n) is 5.38. The van der Waals surface area contributed by atoms with Crippen LogP contribution >= 0.6 is 11.3 Å². The summed E-state index contributed by atoms with van der Waals surface area (Å²) >= 11 is 1.23. The lowest BCUT2D eigenvalue weighted by Crippen LogP contribution is -2.08. The minimum atomic E-state index is -3.20. The molecule has 1 N–H and O–H groups in total. The summed E-state index contributed by atoms with van der Waals surface area (Å²) in [6, 6.07) is 5.20. The highest BCUT2D eigenvalue weighted by atomic mass is 32.1. The Hall–Kier alpha value is -3.06. The van der Waals surface area contributed by atoms with E-state index in [2.05, 4.69) is 14.8 Å². The molecule has 0 saturated carbocycles. The topological polar surface area (TPSA) is 71.3 Å². The normalized spacial score (nSPS) is 11.1. The molecule has 0 saturated heterocycles. The summed E-state index contributed by atoms with van der Waals surface area (Å²) in [5.74, 6) is -1.40. The second kappa shape index (κ2) is 9.23. The van der Waals surface area contributed by atoms with Gasteiger partial charge >= 0.3 is 13.2 Å². The van der Waals surface area contributed by atoms with Gasteiger partial charge < -0.3 is 14.8 Å². The molecule has 1 heterocycles. The van der Waals surface area contributed by atoms with Crippen molar-refractivity contribution in [1.29, 1.82) is 5.26 Å². The number of benzene rings is 1. The number of amides is 1. The number of hydrogen-bond acceptors (Lipinski definition) is 5. The summed E-state index contributed by atoms with van der Waals surface area (Å²) in [4.78, 5) is 13.0. The summed E-state index contributed by atoms with van der Waals surface area (Å²) in [5, 5.41) is 12.1. The number of carbonyl (C=O) groups is 1. The standard InChI is InChI=1S/C18H14F4N2O3S/c1-9-10(2)28-16(13(9)8-23)24-15(25)6-4-11-3-5-12(26-17(19)20)7-14(11)27-18(21)22/h3-7,17-18H,1-2H3,(H,24,25)/b6-4+. The van der Waals surface area contributed by atoms with E-state index in [9.17, 15) is 27.6 Å². The summed E-state index contributed by atoms with van der Waals surface area (Å²) in [6.07, 6.45) is 2.23. The maximum atomic E-state index is 12.6. The Labute approximate surface area is 161 Å². The van der Waals surface area contributed by atoms with Crippen LogP contribution in [0.3, 0.4) is 0 Å². The molecule has 2 aromatic rings. The molecule has 0 radical (unpaired) electrons. The van der Waals surface area contributed by atoms with Crippen LogP contribution in [0.4, 0.5) is 22.6 Å². The lowest BCUT2D eigenvalue weighted by atomic mass is 10.1. The number of alkyl halides is 4. The molecule has 0 fully saturated rings. The van der Waals surface area contributed by atoms with Gasteiger partial charge in [0.05, 0.1) is 5.56 Å².